The Balaban J connectivity index is 1.51. The number of hydrogen-bond acceptors (Lipinski definition) is 6. The fourth-order valence-corrected chi connectivity index (χ4v) is 7.48. The van der Waals surface area contributed by atoms with Gasteiger partial charge in [0.1, 0.15) is 12.6 Å². The van der Waals surface area contributed by atoms with Crippen molar-refractivity contribution in [2.45, 2.75) is 77.9 Å². The van der Waals surface area contributed by atoms with E-state index in [1.54, 1.807) is 4.90 Å². The summed E-state index contributed by atoms with van der Waals surface area (Å²) in [4.78, 5) is 47.0. The van der Waals surface area contributed by atoms with Gasteiger partial charge in [0.05, 0.1) is 12.0 Å². The van der Waals surface area contributed by atoms with E-state index in [1.807, 2.05) is 12.1 Å². The molecule has 4 fully saturated rings. The molecular formula is C31H46N4O4. The standard InChI is InChI=1S/C31H46N4O4/c1-5-12-33-13-15-34(16-14-33)21-10-11-22(29(32)37)23(17-21)26(20-8-6-7-9-20)30(38)35-18-24(31(2,3)4)28-27(35)25(36)19-39-28/h10-11,17,20,24,26-28H,5-9,12-16,18-19H2,1-4H3,(H2,32,37)/t24-,26+,27-,28-/m1/s1. The third-order valence-corrected chi connectivity index (χ3v) is 9.63. The van der Waals surface area contributed by atoms with Gasteiger partial charge in [-0.15, -0.1) is 0 Å². The Kier molecular flexibility index (Phi) is 8.07. The highest BCUT2D eigenvalue weighted by Gasteiger charge is 2.56. The lowest BCUT2D eigenvalue weighted by Gasteiger charge is -2.37. The van der Waals surface area contributed by atoms with Crippen molar-refractivity contribution in [1.82, 2.24) is 9.80 Å². The minimum absolute atomic E-state index is 0.0147. The third-order valence-electron chi connectivity index (χ3n) is 9.63. The number of hydrogen-bond donors (Lipinski definition) is 1. The summed E-state index contributed by atoms with van der Waals surface area (Å²) in [5.74, 6) is -0.870. The van der Waals surface area contributed by atoms with Gasteiger partial charge in [-0.3, -0.25) is 19.3 Å². The number of piperazine rings is 1. The largest absolute Gasteiger partial charge is 0.369 e. The van der Waals surface area contributed by atoms with Crippen molar-refractivity contribution >= 4 is 23.3 Å². The lowest BCUT2D eigenvalue weighted by atomic mass is 9.78. The van der Waals surface area contributed by atoms with Crippen LogP contribution in [0.5, 0.6) is 0 Å². The fourth-order valence-electron chi connectivity index (χ4n) is 7.48. The lowest BCUT2D eigenvalue weighted by molar-refractivity contribution is -0.139. The number of ether oxygens (including phenoxy) is 1. The summed E-state index contributed by atoms with van der Waals surface area (Å²) in [6.07, 6.45) is 4.88. The molecule has 0 spiro atoms. The maximum absolute atomic E-state index is 14.6. The molecule has 1 aliphatic carbocycles. The normalized spacial score (nSPS) is 27.3. The van der Waals surface area contributed by atoms with Crippen molar-refractivity contribution in [2.24, 2.45) is 23.0 Å². The minimum Gasteiger partial charge on any atom is -0.369 e. The third kappa shape index (κ3) is 5.47. The Hall–Kier alpha value is -2.45. The van der Waals surface area contributed by atoms with Gasteiger partial charge in [-0.05, 0) is 60.9 Å². The van der Waals surface area contributed by atoms with Gasteiger partial charge >= 0.3 is 0 Å². The van der Waals surface area contributed by atoms with Crippen molar-refractivity contribution in [3.05, 3.63) is 29.3 Å². The van der Waals surface area contributed by atoms with E-state index >= 15 is 0 Å². The van der Waals surface area contributed by atoms with Gasteiger partial charge in [-0.1, -0.05) is 40.5 Å². The van der Waals surface area contributed by atoms with Crippen LogP contribution in [0.15, 0.2) is 18.2 Å². The van der Waals surface area contributed by atoms with Crippen molar-refractivity contribution in [1.29, 1.82) is 0 Å². The number of carbonyl (C=O) groups is 3. The minimum atomic E-state index is -0.544. The molecule has 0 radical (unpaired) electrons. The summed E-state index contributed by atoms with van der Waals surface area (Å²) in [5.41, 5.74) is 8.00. The van der Waals surface area contributed by atoms with E-state index in [4.69, 9.17) is 10.5 Å². The highest BCUT2D eigenvalue weighted by Crippen LogP contribution is 2.46. The number of primary amides is 1. The molecular weight excluding hydrogens is 492 g/mol. The number of fused-ring (bicyclic) bond motifs is 1. The average molecular weight is 539 g/mol. The molecule has 4 atom stereocenters. The second kappa shape index (κ2) is 11.2. The van der Waals surface area contributed by atoms with Crippen molar-refractivity contribution in [2.75, 3.05) is 50.8 Å². The van der Waals surface area contributed by atoms with E-state index in [0.29, 0.717) is 12.1 Å². The van der Waals surface area contributed by atoms with E-state index in [2.05, 4.69) is 43.6 Å². The van der Waals surface area contributed by atoms with Gasteiger partial charge in [0.2, 0.25) is 11.8 Å². The average Bonchev–Trinajstić information content (AvgIpc) is 3.63. The van der Waals surface area contributed by atoms with Crippen LogP contribution in [0, 0.1) is 17.3 Å². The Morgan fingerprint density at radius 3 is 2.41 bits per heavy atom. The van der Waals surface area contributed by atoms with Crippen LogP contribution in [-0.2, 0) is 14.3 Å². The lowest BCUT2D eigenvalue weighted by Crippen LogP contribution is -2.47. The smallest absolute Gasteiger partial charge is 0.249 e. The van der Waals surface area contributed by atoms with Crippen LogP contribution in [0.3, 0.4) is 0 Å². The van der Waals surface area contributed by atoms with E-state index in [-0.39, 0.29) is 41.7 Å². The maximum atomic E-state index is 14.6. The monoisotopic (exact) mass is 538 g/mol. The molecule has 0 aromatic heterocycles. The molecule has 0 bridgehead atoms. The van der Waals surface area contributed by atoms with Crippen LogP contribution in [0.1, 0.15) is 81.6 Å². The van der Waals surface area contributed by atoms with E-state index in [1.165, 1.54) is 0 Å². The second-order valence-electron chi connectivity index (χ2n) is 13.1. The van der Waals surface area contributed by atoms with Crippen molar-refractivity contribution in [3.63, 3.8) is 0 Å². The molecule has 8 nitrogen and oxygen atoms in total. The van der Waals surface area contributed by atoms with Crippen molar-refractivity contribution in [3.8, 4) is 0 Å². The molecule has 3 aliphatic heterocycles. The molecule has 1 aromatic carbocycles. The van der Waals surface area contributed by atoms with E-state index in [0.717, 1.165) is 76.1 Å². The molecule has 39 heavy (non-hydrogen) atoms. The number of ketones is 1. The summed E-state index contributed by atoms with van der Waals surface area (Å²) < 4.78 is 5.98. The van der Waals surface area contributed by atoms with E-state index < -0.39 is 17.9 Å². The molecule has 3 saturated heterocycles. The Morgan fingerprint density at radius 1 is 1.10 bits per heavy atom. The Labute approximate surface area is 233 Å². The maximum Gasteiger partial charge on any atom is 0.249 e. The van der Waals surface area contributed by atoms with Crippen LogP contribution in [0.25, 0.3) is 0 Å². The number of nitrogens with two attached hydrogens (primary N) is 1. The highest BCUT2D eigenvalue weighted by molar-refractivity contribution is 5.99. The summed E-state index contributed by atoms with van der Waals surface area (Å²) in [5, 5.41) is 0. The van der Waals surface area contributed by atoms with Crippen LogP contribution < -0.4 is 10.6 Å². The molecule has 1 saturated carbocycles. The van der Waals surface area contributed by atoms with Gasteiger partial charge in [-0.25, -0.2) is 0 Å². The SMILES string of the molecule is CCCN1CCN(c2ccc(C(N)=O)c([C@@H](C(=O)N3C[C@@H](C(C)(C)C)[C@H]4OCC(=O)[C@H]43)C3CCCC3)c2)CC1. The quantitative estimate of drug-likeness (QED) is 0.572. The Bertz CT molecular complexity index is 1080. The highest BCUT2D eigenvalue weighted by atomic mass is 16.5. The molecule has 3 heterocycles. The number of anilines is 1. The topological polar surface area (TPSA) is 96.2 Å². The first kappa shape index (κ1) is 28.1. The molecule has 4 aliphatic rings. The predicted molar refractivity (Wildman–Crippen MR) is 152 cm³/mol. The Morgan fingerprint density at radius 2 is 1.79 bits per heavy atom. The first-order valence-electron chi connectivity index (χ1n) is 15.0. The van der Waals surface area contributed by atoms with Gasteiger partial charge in [-0.2, -0.15) is 0 Å². The number of carbonyl (C=O) groups excluding carboxylic acids is 3. The van der Waals surface area contributed by atoms with Gasteiger partial charge < -0.3 is 20.3 Å². The first-order chi connectivity index (χ1) is 18.6. The second-order valence-corrected chi connectivity index (χ2v) is 13.1. The summed E-state index contributed by atoms with van der Waals surface area (Å²) in [6.45, 7) is 14.1. The zero-order valence-electron chi connectivity index (χ0n) is 24.2. The van der Waals surface area contributed by atoms with Crippen LogP contribution in [0.2, 0.25) is 0 Å². The zero-order valence-corrected chi connectivity index (χ0v) is 24.2. The van der Waals surface area contributed by atoms with Crippen molar-refractivity contribution < 1.29 is 19.1 Å². The van der Waals surface area contributed by atoms with E-state index in [9.17, 15) is 14.4 Å². The molecule has 8 heteroatoms. The summed E-state index contributed by atoms with van der Waals surface area (Å²) in [6, 6.07) is 5.30. The number of rotatable bonds is 7. The number of nitrogens with zero attached hydrogens (tertiary/aromatic N) is 3. The molecule has 214 valence electrons. The van der Waals surface area contributed by atoms with Gasteiger partial charge in [0, 0.05) is 49.9 Å². The predicted octanol–water partition coefficient (Wildman–Crippen LogP) is 3.43. The van der Waals surface area contributed by atoms with Gasteiger partial charge in [0.25, 0.3) is 0 Å². The van der Waals surface area contributed by atoms with Crippen LogP contribution >= 0.6 is 0 Å². The molecule has 2 amide bonds. The molecule has 0 unspecified atom stereocenters. The van der Waals surface area contributed by atoms with Crippen LogP contribution in [0.4, 0.5) is 5.69 Å². The van der Waals surface area contributed by atoms with Gasteiger partial charge in [0.15, 0.2) is 5.78 Å². The number of amides is 2. The fraction of sp³-hybridized carbons (Fsp3) is 0.710. The number of likely N-dealkylation sites (tertiary alicyclic amines) is 1. The number of benzene rings is 1. The molecule has 5 rings (SSSR count). The molecule has 1 aromatic rings. The zero-order chi connectivity index (χ0) is 27.9. The van der Waals surface area contributed by atoms with Crippen LogP contribution in [-0.4, -0.2) is 85.4 Å². The summed E-state index contributed by atoms with van der Waals surface area (Å²) in [7, 11) is 0. The summed E-state index contributed by atoms with van der Waals surface area (Å²) >= 11 is 0. The first-order valence-corrected chi connectivity index (χ1v) is 15.0. The molecule has 2 N–H and O–H groups in total. The number of Topliss-reactive ketones (excluding diaryl/α,β-unsaturated/α-hetero) is 1.